The summed E-state index contributed by atoms with van der Waals surface area (Å²) in [6.45, 7) is 16.6. The molecular weight excluding hydrogens is 2010 g/mol. The van der Waals surface area contributed by atoms with E-state index in [4.69, 9.17) is 14.6 Å². The van der Waals surface area contributed by atoms with E-state index in [0.717, 1.165) is 132 Å². The van der Waals surface area contributed by atoms with Gasteiger partial charge >= 0.3 is 35.8 Å². The number of nitrogens with zero attached hydrogens (tertiary/aromatic N) is 8. The molecule has 14 rings (SSSR count). The SMILES string of the molecule is CC(C)[C@H]1C(=O)N2C(C(=O)OC(=O)c3ccc([N+](=O)[O-])cc3)=C(CN3CC[C@H](C(=O)NS(C)(=O)=O)C3)[C@H](C)[C@H]12.CS(=O)(=O)NC(=O)C1CCCC1.CS(=O)(=O)NC(=O)[C@H]1CCNC1.CS(N)(=O)=O.C[C@@H](O)[C@H]1C(=O)N2C(C(=O)O)=C(CN3CC[C@H](C(=O)NS(C)(=O)=O)C3)[C@H](C)[C@H]12.C[C@@H](O)[C@H]1C(=O)N2C(C(=O)OC(=O)c3ccc([N+](=O)[O-])cc3)=C(CN3CC[C@H](C(=O)NS(C)(=O)=O)C3)[C@H](C)[C@H]12.O=C(O)C1CCCC1. The number of rotatable bonds is 27. The van der Waals surface area contributed by atoms with Gasteiger partial charge in [-0.1, -0.05) is 60.3 Å². The molecule has 0 bridgehead atoms. The molecule has 0 aromatic heterocycles. The third-order valence-corrected chi connectivity index (χ3v) is 29.0. The number of carboxylic acids is 2. The average molecular weight is 2140 g/mol. The smallest absolute Gasteiger partial charge is 0.362 e. The number of β-lactam (4-membered cyclic amide) rings is 3. The summed E-state index contributed by atoms with van der Waals surface area (Å²) in [7, 11) is -21.0. The fraction of sp³-hybridized carbons (Fsp3) is 0.628. The monoisotopic (exact) mass is 2130 g/mol. The van der Waals surface area contributed by atoms with Crippen molar-refractivity contribution in [2.45, 2.75) is 156 Å². The number of aliphatic hydroxyl groups excluding tert-OH is 2. The number of benzene rings is 2. The van der Waals surface area contributed by atoms with Crippen LogP contribution in [0, 0.1) is 97.2 Å². The number of esters is 4. The minimum atomic E-state index is -3.72. The molecule has 2 aromatic carbocycles. The van der Waals surface area contributed by atoms with Crippen LogP contribution in [0.25, 0.3) is 0 Å². The van der Waals surface area contributed by atoms with E-state index in [1.54, 1.807) is 6.92 Å². The Labute approximate surface area is 826 Å². The van der Waals surface area contributed by atoms with E-state index in [9.17, 15) is 153 Å². The number of aliphatic hydroxyl groups is 2. The van der Waals surface area contributed by atoms with Gasteiger partial charge in [0, 0.05) is 93.8 Å². The number of sulfonamides is 6. The summed E-state index contributed by atoms with van der Waals surface area (Å²) < 4.78 is 150. The molecule has 51 nitrogen and oxygen atoms in total. The summed E-state index contributed by atoms with van der Waals surface area (Å²) in [5, 5.41) is 67.1. The van der Waals surface area contributed by atoms with Crippen LogP contribution < -0.4 is 34.1 Å². The minimum Gasteiger partial charge on any atom is -0.481 e. The van der Waals surface area contributed by atoms with Gasteiger partial charge in [0.15, 0.2) is 0 Å². The highest BCUT2D eigenvalue weighted by Gasteiger charge is 2.63. The molecule has 10 aliphatic heterocycles. The van der Waals surface area contributed by atoms with Crippen molar-refractivity contribution in [3.05, 3.63) is 114 Å². The number of nitrogens with two attached hydrogens (primary N) is 1. The molecule has 12 N–H and O–H groups in total. The zero-order chi connectivity index (χ0) is 107. The first-order valence-electron chi connectivity index (χ1n) is 45.5. The maximum Gasteiger partial charge on any atom is 0.362 e. The van der Waals surface area contributed by atoms with Crippen LogP contribution in [0.3, 0.4) is 0 Å². The molecule has 7 saturated heterocycles. The third-order valence-electron chi connectivity index (χ3n) is 26.1. The molecule has 2 saturated carbocycles. The molecule has 57 heteroatoms. The van der Waals surface area contributed by atoms with Crippen LogP contribution in [-0.4, -0.2) is 333 Å². The summed E-state index contributed by atoms with van der Waals surface area (Å²) in [6, 6.07) is 7.89. The lowest BCUT2D eigenvalue weighted by Crippen LogP contribution is -2.63. The van der Waals surface area contributed by atoms with Crippen molar-refractivity contribution in [3.63, 3.8) is 0 Å². The number of likely N-dealkylation sites (tertiary alicyclic amines) is 3. The number of primary sulfonamides is 1. The maximum absolute atomic E-state index is 13.3. The predicted molar refractivity (Wildman–Crippen MR) is 504 cm³/mol. The van der Waals surface area contributed by atoms with Gasteiger partial charge in [-0.15, -0.1) is 0 Å². The fourth-order valence-corrected chi connectivity index (χ4v) is 22.1. The van der Waals surface area contributed by atoms with Gasteiger partial charge in [0.1, 0.15) is 17.1 Å². The second-order valence-corrected chi connectivity index (χ2v) is 48.2. The van der Waals surface area contributed by atoms with E-state index >= 15 is 0 Å². The topological polar surface area (TPSA) is 747 Å². The summed E-state index contributed by atoms with van der Waals surface area (Å²) >= 11 is 0. The number of ether oxygens (including phenoxy) is 2. The van der Waals surface area contributed by atoms with Crippen LogP contribution in [0.1, 0.15) is 146 Å². The summed E-state index contributed by atoms with van der Waals surface area (Å²) in [6.07, 6.45) is 13.5. The van der Waals surface area contributed by atoms with Crippen molar-refractivity contribution >= 4 is 155 Å². The zero-order valence-electron chi connectivity index (χ0n) is 80.7. The first-order chi connectivity index (χ1) is 66.1. The number of non-ortho nitro benzene ring substituents is 2. The van der Waals surface area contributed by atoms with Crippen LogP contribution in [-0.2, 0) is 127 Å². The molecular formula is C86H123N15O36S6. The van der Waals surface area contributed by atoms with Gasteiger partial charge in [0.05, 0.1) is 136 Å². The maximum atomic E-state index is 13.3. The number of fused-ring (bicyclic) bond motifs is 3. The lowest BCUT2D eigenvalue weighted by molar-refractivity contribution is -0.385. The number of hydrogen-bond acceptors (Lipinski definition) is 38. The molecule has 0 unspecified atom stereocenters. The van der Waals surface area contributed by atoms with E-state index in [2.05, 4.69) is 10.5 Å². The van der Waals surface area contributed by atoms with Gasteiger partial charge in [-0.25, -0.2) is 79.6 Å². The van der Waals surface area contributed by atoms with Gasteiger partial charge in [-0.05, 0) is 138 Å². The Morgan fingerprint density at radius 1 is 0.420 bits per heavy atom. The molecule has 10 heterocycles. The number of carbonyl (C=O) groups is 14. The summed E-state index contributed by atoms with van der Waals surface area (Å²) in [4.78, 5) is 201. The highest BCUT2D eigenvalue weighted by atomic mass is 32.2. The Balaban J connectivity index is 0.000000223. The van der Waals surface area contributed by atoms with E-state index in [-0.39, 0.29) is 149 Å². The number of hydrogen-bond donors (Lipinski definition) is 11. The zero-order valence-corrected chi connectivity index (χ0v) is 85.6. The number of nitro benzene ring substituents is 2. The molecule has 794 valence electrons. The highest BCUT2D eigenvalue weighted by Crippen LogP contribution is 2.52. The largest absolute Gasteiger partial charge is 0.481 e. The second kappa shape index (κ2) is 48.3. The van der Waals surface area contributed by atoms with Gasteiger partial charge in [-0.3, -0.25) is 102 Å². The minimum absolute atomic E-state index is 0.00583. The van der Waals surface area contributed by atoms with Crippen molar-refractivity contribution < 1.29 is 157 Å². The normalized spacial score (nSPS) is 25.2. The Kier molecular flexibility index (Phi) is 39.5. The van der Waals surface area contributed by atoms with E-state index in [1.807, 2.05) is 66.0 Å². The van der Waals surface area contributed by atoms with Crippen LogP contribution in [0.4, 0.5) is 11.4 Å². The molecule has 15 atom stereocenters. The standard InChI is InChI=1S/C25H30N4O9S.C24H28N4O10S.C17H25N3O7S.C7H13NO3S.C6H12N2O3S.C6H10O2.CH5NO2S/c1-13(2)19-20-14(3)18(12-27-10-9-16(11-27)22(30)26-39(4,36)37)21(28(20)23(19)31)25(33)38-24(32)15-5-7-17(8-6-15)29(34)35;1-12-17(11-26-9-8-15(10-26)21(30)25-39(3,36)37)20(27-19(12)18(13(2)29)22(27)31)24(33)38-23(32)14-4-6-16(7-5-14)28(34)35;1-8-11(7-19-5-4-10(6-19)15(22)18-28(3,26)27)14(17(24)25)20-13(8)12(9(2)21)16(20)23;1-12(10,11)8-7(9)6-4-2-3-5-6;1-12(10,11)8-6(9)5-2-3-7-4-5;7-6(8)5-3-1-2-4-5;1-5(2,3)4/h5-8,13-14,16,19-20H,9-12H2,1-4H3,(H,26,30);4-7,12-13,15,18-19,29H,8-11H2,1-3H3,(H,25,30);8-10,12-13,21H,4-7H2,1-3H3,(H,18,22)(H,24,25);6H,2-5H2,1H3,(H,8,9);5,7H,2-4H2,1H3,(H,8,9);5H,1-4H2,(H,7,8);1H3,(H2,2,3,4)/t14-,16-,19+,20+;12-,13+,15-,18+,19+;8-,9+,10-,12+,13+;;5-;;/m000.0../s1. The molecule has 12 aliphatic rings. The molecule has 0 radical (unpaired) electrons. The first-order valence-corrected chi connectivity index (χ1v) is 57.0. The van der Waals surface area contributed by atoms with Gasteiger partial charge in [-0.2, -0.15) is 0 Å². The summed E-state index contributed by atoms with van der Waals surface area (Å²) in [5.74, 6) is -14.0. The van der Waals surface area contributed by atoms with Crippen LogP contribution in [0.15, 0.2) is 82.3 Å². The molecule has 0 spiro atoms. The number of nitrogens with one attached hydrogen (secondary N) is 6. The molecule has 2 aromatic rings. The van der Waals surface area contributed by atoms with Gasteiger partial charge in [0.2, 0.25) is 107 Å². The lowest BCUT2D eigenvalue weighted by atomic mass is 9.74. The van der Waals surface area contributed by atoms with Crippen molar-refractivity contribution in [3.8, 4) is 0 Å². The number of nitro groups is 2. The van der Waals surface area contributed by atoms with E-state index in [1.165, 1.54) is 40.7 Å². The number of aliphatic carboxylic acids is 2. The molecule has 8 amide bonds. The number of carboxylic acid groups (broad SMARTS) is 2. The fourth-order valence-electron chi connectivity index (χ4n) is 19.4. The number of carbonyl (C=O) groups excluding carboxylic acids is 12. The predicted octanol–water partition coefficient (Wildman–Crippen LogP) is -1.48. The van der Waals surface area contributed by atoms with Crippen LogP contribution >= 0.6 is 0 Å². The molecule has 2 aliphatic carbocycles. The third kappa shape index (κ3) is 31.7. The van der Waals surface area contributed by atoms with E-state index < -0.39 is 183 Å². The Morgan fingerprint density at radius 3 is 0.951 bits per heavy atom. The lowest BCUT2D eigenvalue weighted by Gasteiger charge is -2.47. The van der Waals surface area contributed by atoms with Crippen molar-refractivity contribution in [1.82, 2.24) is 58.3 Å². The van der Waals surface area contributed by atoms with Crippen molar-refractivity contribution in [2.24, 2.45) is 82.1 Å². The average Bonchev–Trinajstić information content (AvgIpc) is 1.58. The Morgan fingerprint density at radius 2 is 0.692 bits per heavy atom. The van der Waals surface area contributed by atoms with Crippen molar-refractivity contribution in [2.75, 3.05) is 110 Å². The summed E-state index contributed by atoms with van der Waals surface area (Å²) in [5.41, 5.74) is 0.881. The molecule has 143 heavy (non-hydrogen) atoms. The highest BCUT2D eigenvalue weighted by molar-refractivity contribution is 7.90. The van der Waals surface area contributed by atoms with Crippen molar-refractivity contribution in [1.29, 1.82) is 0 Å². The van der Waals surface area contributed by atoms with Crippen LogP contribution in [0.5, 0.6) is 0 Å². The first kappa shape index (κ1) is 117. The quantitative estimate of drug-likeness (QED) is 0.0160. The molecule has 9 fully saturated rings. The Bertz CT molecular complexity index is 5820. The van der Waals surface area contributed by atoms with Gasteiger partial charge < -0.3 is 49.9 Å². The number of amides is 8. The Hall–Kier alpha value is -11.1. The van der Waals surface area contributed by atoms with Gasteiger partial charge in [0.25, 0.3) is 11.4 Å². The van der Waals surface area contributed by atoms with Crippen LogP contribution in [0.2, 0.25) is 0 Å². The van der Waals surface area contributed by atoms with E-state index in [0.29, 0.717) is 75.1 Å². The second-order valence-electron chi connectivity index (χ2n) is 37.8.